The van der Waals surface area contributed by atoms with Gasteiger partial charge in [0.2, 0.25) is 0 Å². The number of rotatable bonds is 6. The first kappa shape index (κ1) is 24.7. The number of benzene rings is 4. The van der Waals surface area contributed by atoms with Gasteiger partial charge in [-0.25, -0.2) is 0 Å². The molecule has 1 amide bonds. The van der Waals surface area contributed by atoms with E-state index in [-0.39, 0.29) is 24.0 Å². The summed E-state index contributed by atoms with van der Waals surface area (Å²) in [6, 6.07) is 30.1. The third-order valence-electron chi connectivity index (χ3n) is 8.32. The van der Waals surface area contributed by atoms with Gasteiger partial charge in [-0.3, -0.25) is 4.79 Å². The molecule has 0 unspecified atom stereocenters. The number of nitrogens with zero attached hydrogens (tertiary/aromatic N) is 1. The van der Waals surface area contributed by atoms with E-state index >= 15 is 0 Å². The maximum Gasteiger partial charge on any atom is 0.254 e. The number of nitrogens with one attached hydrogen (secondary N) is 1. The van der Waals surface area contributed by atoms with Crippen LogP contribution in [0.25, 0.3) is 10.8 Å². The minimum atomic E-state index is 0.0337. The summed E-state index contributed by atoms with van der Waals surface area (Å²) < 4.78 is 6.50. The van der Waals surface area contributed by atoms with Crippen molar-refractivity contribution in [2.24, 2.45) is 0 Å². The van der Waals surface area contributed by atoms with Gasteiger partial charge >= 0.3 is 0 Å². The first-order valence-electron chi connectivity index (χ1n) is 13.9. The zero-order chi connectivity index (χ0) is 26.1. The Labute approximate surface area is 225 Å². The average molecular weight is 505 g/mol. The fourth-order valence-corrected chi connectivity index (χ4v) is 6.16. The average Bonchev–Trinajstić information content (AvgIpc) is 3.50. The van der Waals surface area contributed by atoms with Crippen molar-refractivity contribution in [1.29, 1.82) is 0 Å². The lowest BCUT2D eigenvalue weighted by atomic mass is 9.83. The van der Waals surface area contributed by atoms with Crippen LogP contribution in [0.1, 0.15) is 70.8 Å². The van der Waals surface area contributed by atoms with Crippen molar-refractivity contribution >= 4 is 16.7 Å². The third kappa shape index (κ3) is 4.81. The van der Waals surface area contributed by atoms with E-state index in [1.165, 1.54) is 27.5 Å². The van der Waals surface area contributed by atoms with Crippen molar-refractivity contribution in [1.82, 2.24) is 10.2 Å². The van der Waals surface area contributed by atoms with E-state index < -0.39 is 0 Å². The Morgan fingerprint density at radius 2 is 1.74 bits per heavy atom. The number of likely N-dealkylation sites (tertiary alicyclic amines) is 1. The van der Waals surface area contributed by atoms with E-state index in [0.717, 1.165) is 55.8 Å². The first-order chi connectivity index (χ1) is 18.6. The molecule has 4 nitrogen and oxygen atoms in total. The Morgan fingerprint density at radius 1 is 0.974 bits per heavy atom. The number of aryl methyl sites for hydroxylation is 1. The minimum Gasteiger partial charge on any atom is -0.489 e. The Hall–Kier alpha value is -3.63. The Morgan fingerprint density at radius 3 is 2.61 bits per heavy atom. The van der Waals surface area contributed by atoms with Gasteiger partial charge in [0.15, 0.2) is 0 Å². The van der Waals surface area contributed by atoms with Crippen LogP contribution in [0.4, 0.5) is 0 Å². The highest BCUT2D eigenvalue weighted by Gasteiger charge is 2.31. The van der Waals surface area contributed by atoms with Gasteiger partial charge in [0.25, 0.3) is 5.91 Å². The molecule has 4 aromatic carbocycles. The molecule has 4 heteroatoms. The summed E-state index contributed by atoms with van der Waals surface area (Å²) >= 11 is 0. The van der Waals surface area contributed by atoms with E-state index in [2.05, 4.69) is 91.1 Å². The highest BCUT2D eigenvalue weighted by atomic mass is 16.5. The topological polar surface area (TPSA) is 41.6 Å². The Balaban J connectivity index is 1.24. The molecule has 0 radical (unpaired) electrons. The van der Waals surface area contributed by atoms with E-state index in [1.807, 2.05) is 17.9 Å². The van der Waals surface area contributed by atoms with E-state index in [1.54, 1.807) is 0 Å². The lowest BCUT2D eigenvalue weighted by Gasteiger charge is -2.34. The van der Waals surface area contributed by atoms with Gasteiger partial charge in [-0.2, -0.15) is 0 Å². The van der Waals surface area contributed by atoms with E-state index in [4.69, 9.17) is 4.74 Å². The molecule has 0 aromatic heterocycles. The summed E-state index contributed by atoms with van der Waals surface area (Å²) in [5, 5.41) is 6.31. The molecule has 3 atom stereocenters. The van der Waals surface area contributed by atoms with Crippen LogP contribution in [0.3, 0.4) is 0 Å². The quantitative estimate of drug-likeness (QED) is 0.307. The number of fused-ring (bicyclic) bond motifs is 2. The predicted octanol–water partition coefficient (Wildman–Crippen LogP) is 7.02. The van der Waals surface area contributed by atoms with Gasteiger partial charge in [0, 0.05) is 42.7 Å². The van der Waals surface area contributed by atoms with Crippen molar-refractivity contribution in [2.45, 2.75) is 51.2 Å². The van der Waals surface area contributed by atoms with Gasteiger partial charge in [-0.15, -0.1) is 0 Å². The zero-order valence-electron chi connectivity index (χ0n) is 22.3. The monoisotopic (exact) mass is 504 g/mol. The van der Waals surface area contributed by atoms with E-state index in [9.17, 15) is 4.79 Å². The van der Waals surface area contributed by atoms with Gasteiger partial charge in [-0.1, -0.05) is 72.8 Å². The lowest BCUT2D eigenvalue weighted by Crippen LogP contribution is -2.37. The molecular weight excluding hydrogens is 468 g/mol. The summed E-state index contributed by atoms with van der Waals surface area (Å²) in [5.74, 6) is 1.30. The van der Waals surface area contributed by atoms with Crippen LogP contribution in [0.5, 0.6) is 5.75 Å². The van der Waals surface area contributed by atoms with Crippen molar-refractivity contribution in [3.63, 3.8) is 0 Å². The normalized spacial score (nSPS) is 19.7. The molecule has 1 fully saturated rings. The van der Waals surface area contributed by atoms with Crippen LogP contribution < -0.4 is 10.1 Å². The molecule has 2 aliphatic rings. The summed E-state index contributed by atoms with van der Waals surface area (Å²) in [6.07, 6.45) is 3.10. The second-order valence-electron chi connectivity index (χ2n) is 10.8. The molecular formula is C34H36N2O2. The van der Waals surface area contributed by atoms with Gasteiger partial charge in [-0.05, 0) is 72.7 Å². The largest absolute Gasteiger partial charge is 0.489 e. The fraction of sp³-hybridized carbons (Fsp3) is 0.324. The molecule has 0 spiro atoms. The molecule has 38 heavy (non-hydrogen) atoms. The molecule has 1 N–H and O–H groups in total. The van der Waals surface area contributed by atoms with Crippen LogP contribution in [-0.2, 0) is 0 Å². The highest BCUT2D eigenvalue weighted by Crippen LogP contribution is 2.41. The zero-order valence-corrected chi connectivity index (χ0v) is 22.3. The molecule has 0 bridgehead atoms. The molecule has 1 saturated heterocycles. The molecule has 2 heterocycles. The molecule has 0 aliphatic carbocycles. The second-order valence-corrected chi connectivity index (χ2v) is 10.8. The molecule has 6 rings (SSSR count). The standard InChI is InChI=1S/C34H36N2O2/c1-23-16-17-26(20-31(23)34(37)36-18-7-8-19-36)32-21-27(38-33-15-6-5-13-30(32)33)22-35-24(2)28-14-9-11-25-10-3-4-12-29(25)28/h3-6,9-17,20,24,27,32,35H,7-8,18-19,21-22H2,1-2H3/t24-,27-,32+/m1/s1. The molecule has 0 saturated carbocycles. The molecule has 4 aromatic rings. The van der Waals surface area contributed by atoms with Crippen LogP contribution in [-0.4, -0.2) is 36.5 Å². The summed E-state index contributed by atoms with van der Waals surface area (Å²) in [4.78, 5) is 15.3. The van der Waals surface area contributed by atoms with Crippen molar-refractivity contribution in [2.75, 3.05) is 19.6 Å². The lowest BCUT2D eigenvalue weighted by molar-refractivity contribution is 0.0792. The maximum atomic E-state index is 13.3. The van der Waals surface area contributed by atoms with Crippen molar-refractivity contribution in [3.8, 4) is 5.75 Å². The minimum absolute atomic E-state index is 0.0337. The summed E-state index contributed by atoms with van der Waals surface area (Å²) in [6.45, 7) is 6.76. The Bertz CT molecular complexity index is 1450. The van der Waals surface area contributed by atoms with E-state index in [0.29, 0.717) is 0 Å². The smallest absolute Gasteiger partial charge is 0.254 e. The fourth-order valence-electron chi connectivity index (χ4n) is 6.16. The van der Waals surface area contributed by atoms with Crippen molar-refractivity contribution in [3.05, 3.63) is 113 Å². The third-order valence-corrected chi connectivity index (χ3v) is 8.32. The Kier molecular flexibility index (Phi) is 6.90. The molecule has 194 valence electrons. The number of hydrogen-bond acceptors (Lipinski definition) is 3. The molecule has 2 aliphatic heterocycles. The number of carbonyl (C=O) groups is 1. The SMILES string of the molecule is Cc1ccc([C@@H]2C[C@H](CN[C@H](C)c3cccc4ccccc34)Oc3ccccc32)cc1C(=O)N1CCCC1. The van der Waals surface area contributed by atoms with Crippen LogP contribution in [0.2, 0.25) is 0 Å². The number of hydrogen-bond donors (Lipinski definition) is 1. The number of para-hydroxylation sites is 1. The predicted molar refractivity (Wildman–Crippen MR) is 154 cm³/mol. The van der Waals surface area contributed by atoms with Crippen LogP contribution >= 0.6 is 0 Å². The summed E-state index contributed by atoms with van der Waals surface area (Å²) in [7, 11) is 0. The highest BCUT2D eigenvalue weighted by molar-refractivity contribution is 5.96. The van der Waals surface area contributed by atoms with Crippen molar-refractivity contribution < 1.29 is 9.53 Å². The first-order valence-corrected chi connectivity index (χ1v) is 13.9. The van der Waals surface area contributed by atoms with Gasteiger partial charge in [0.1, 0.15) is 11.9 Å². The van der Waals surface area contributed by atoms with Crippen LogP contribution in [0, 0.1) is 6.92 Å². The van der Waals surface area contributed by atoms with Crippen LogP contribution in [0.15, 0.2) is 84.9 Å². The number of amides is 1. The number of carbonyl (C=O) groups excluding carboxylic acids is 1. The number of ether oxygens (including phenoxy) is 1. The summed E-state index contributed by atoms with van der Waals surface area (Å²) in [5.41, 5.74) is 5.59. The maximum absolute atomic E-state index is 13.3. The second kappa shape index (κ2) is 10.6. The van der Waals surface area contributed by atoms with Gasteiger partial charge < -0.3 is 15.0 Å². The van der Waals surface area contributed by atoms with Gasteiger partial charge in [0.05, 0.1) is 0 Å².